The Kier molecular flexibility index (Phi) is 4.23. The lowest BCUT2D eigenvalue weighted by molar-refractivity contribution is -0.144. The normalized spacial score (nSPS) is 15.7. The maximum Gasteiger partial charge on any atom is 0.356 e. The van der Waals surface area contributed by atoms with Crippen molar-refractivity contribution in [2.75, 3.05) is 20.8 Å². The Balaban J connectivity index is 1.78. The molecule has 2 aromatic rings. The van der Waals surface area contributed by atoms with Crippen LogP contribution >= 0.6 is 0 Å². The van der Waals surface area contributed by atoms with Gasteiger partial charge in [-0.05, 0) is 24.3 Å². The van der Waals surface area contributed by atoms with Crippen LogP contribution in [0.1, 0.15) is 0 Å². The van der Waals surface area contributed by atoms with E-state index in [1.807, 2.05) is 6.07 Å². The number of carbonyl (C=O) groups excluding carboxylic acids is 1. The van der Waals surface area contributed by atoms with E-state index in [1.165, 1.54) is 14.2 Å². The van der Waals surface area contributed by atoms with E-state index in [4.69, 9.17) is 23.7 Å². The molecule has 0 spiro atoms. The minimum absolute atomic E-state index is 0.0767. The number of benzene rings is 2. The molecule has 0 saturated carbocycles. The average molecular weight is 316 g/mol. The molecular weight excluding hydrogens is 300 g/mol. The van der Waals surface area contributed by atoms with Crippen LogP contribution in [0.3, 0.4) is 0 Å². The first-order chi connectivity index (χ1) is 11.2. The summed E-state index contributed by atoms with van der Waals surface area (Å²) in [7, 11) is 2.98. The summed E-state index contributed by atoms with van der Waals surface area (Å²) in [5, 5.41) is 0. The van der Waals surface area contributed by atoms with E-state index >= 15 is 0 Å². The lowest BCUT2D eigenvalue weighted by Gasteiger charge is -2.25. The van der Waals surface area contributed by atoms with Crippen LogP contribution in [0.2, 0.25) is 0 Å². The Labute approximate surface area is 133 Å². The number of carbonyl (C=O) groups is 1. The SMILES string of the molecule is COc1cccc(OC)c1OC(=O)[C@H]1COc2ccccc2O1. The minimum atomic E-state index is -0.862. The summed E-state index contributed by atoms with van der Waals surface area (Å²) >= 11 is 0. The summed E-state index contributed by atoms with van der Waals surface area (Å²) in [6.07, 6.45) is -0.862. The van der Waals surface area contributed by atoms with Gasteiger partial charge in [-0.25, -0.2) is 4.79 Å². The molecule has 6 nitrogen and oxygen atoms in total. The Hall–Kier alpha value is -2.89. The molecule has 0 aliphatic carbocycles. The van der Waals surface area contributed by atoms with Crippen LogP contribution in [0.5, 0.6) is 28.7 Å². The molecule has 0 radical (unpaired) electrons. The highest BCUT2D eigenvalue weighted by atomic mass is 16.6. The van der Waals surface area contributed by atoms with Crippen molar-refractivity contribution < 1.29 is 28.5 Å². The average Bonchev–Trinajstić information content (AvgIpc) is 2.61. The van der Waals surface area contributed by atoms with Gasteiger partial charge in [0, 0.05) is 0 Å². The Morgan fingerprint density at radius 1 is 1.00 bits per heavy atom. The third kappa shape index (κ3) is 3.01. The van der Waals surface area contributed by atoms with Gasteiger partial charge in [0.25, 0.3) is 0 Å². The van der Waals surface area contributed by atoms with Crippen LogP contribution in [-0.4, -0.2) is 32.9 Å². The lowest BCUT2D eigenvalue weighted by Crippen LogP contribution is -2.39. The van der Waals surface area contributed by atoms with Crippen molar-refractivity contribution >= 4 is 5.97 Å². The fourth-order valence-electron chi connectivity index (χ4n) is 2.22. The largest absolute Gasteiger partial charge is 0.493 e. The van der Waals surface area contributed by atoms with Gasteiger partial charge in [0.05, 0.1) is 14.2 Å². The van der Waals surface area contributed by atoms with E-state index in [2.05, 4.69) is 0 Å². The molecule has 0 N–H and O–H groups in total. The second-order valence-electron chi connectivity index (χ2n) is 4.78. The minimum Gasteiger partial charge on any atom is -0.493 e. The van der Waals surface area contributed by atoms with Gasteiger partial charge in [-0.3, -0.25) is 0 Å². The highest BCUT2D eigenvalue weighted by Gasteiger charge is 2.30. The van der Waals surface area contributed by atoms with Gasteiger partial charge in [0.1, 0.15) is 6.61 Å². The second-order valence-corrected chi connectivity index (χ2v) is 4.78. The molecule has 0 unspecified atom stereocenters. The number of fused-ring (bicyclic) bond motifs is 1. The van der Waals surface area contributed by atoms with Crippen LogP contribution < -0.4 is 23.7 Å². The van der Waals surface area contributed by atoms with Crippen LogP contribution in [0.15, 0.2) is 42.5 Å². The summed E-state index contributed by atoms with van der Waals surface area (Å²) in [5.41, 5.74) is 0. The van der Waals surface area contributed by atoms with Gasteiger partial charge < -0.3 is 23.7 Å². The zero-order chi connectivity index (χ0) is 16.2. The first kappa shape index (κ1) is 15.0. The van der Waals surface area contributed by atoms with Crippen molar-refractivity contribution in [1.29, 1.82) is 0 Å². The van der Waals surface area contributed by atoms with Crippen molar-refractivity contribution in [3.05, 3.63) is 42.5 Å². The van der Waals surface area contributed by atoms with Crippen LogP contribution in [0, 0.1) is 0 Å². The van der Waals surface area contributed by atoms with E-state index in [1.54, 1.807) is 36.4 Å². The van der Waals surface area contributed by atoms with Crippen LogP contribution in [-0.2, 0) is 4.79 Å². The lowest BCUT2D eigenvalue weighted by atomic mass is 10.2. The van der Waals surface area contributed by atoms with Crippen LogP contribution in [0.4, 0.5) is 0 Å². The first-order valence-corrected chi connectivity index (χ1v) is 7.04. The van der Waals surface area contributed by atoms with E-state index in [0.29, 0.717) is 23.0 Å². The van der Waals surface area contributed by atoms with Crippen LogP contribution in [0.25, 0.3) is 0 Å². The van der Waals surface area contributed by atoms with Gasteiger partial charge in [-0.1, -0.05) is 18.2 Å². The van der Waals surface area contributed by atoms with Gasteiger partial charge >= 0.3 is 5.97 Å². The molecule has 0 fully saturated rings. The standard InChI is InChI=1S/C17H16O6/c1-19-13-8-5-9-14(20-2)16(13)23-17(18)15-10-21-11-6-3-4-7-12(11)22-15/h3-9,15H,10H2,1-2H3/t15-/m1/s1. The van der Waals surface area contributed by atoms with Crippen molar-refractivity contribution in [3.8, 4) is 28.7 Å². The van der Waals surface area contributed by atoms with E-state index < -0.39 is 12.1 Å². The molecule has 0 saturated heterocycles. The van der Waals surface area contributed by atoms with E-state index in [9.17, 15) is 4.79 Å². The number of rotatable bonds is 4. The van der Waals surface area contributed by atoms with Crippen molar-refractivity contribution in [3.63, 3.8) is 0 Å². The molecule has 1 aliphatic rings. The number of ether oxygens (including phenoxy) is 5. The van der Waals surface area contributed by atoms with Gasteiger partial charge in [0.15, 0.2) is 23.0 Å². The fourth-order valence-corrected chi connectivity index (χ4v) is 2.22. The summed E-state index contributed by atoms with van der Waals surface area (Å²) in [6.45, 7) is 0.0767. The molecule has 1 heterocycles. The topological polar surface area (TPSA) is 63.2 Å². The number of esters is 1. The molecule has 0 aromatic heterocycles. The Morgan fingerprint density at radius 3 is 2.30 bits per heavy atom. The van der Waals surface area contributed by atoms with Gasteiger partial charge in [0.2, 0.25) is 11.9 Å². The van der Waals surface area contributed by atoms with E-state index in [-0.39, 0.29) is 12.4 Å². The predicted octanol–water partition coefficient (Wildman–Crippen LogP) is 2.45. The third-order valence-electron chi connectivity index (χ3n) is 3.36. The maximum atomic E-state index is 12.4. The highest BCUT2D eigenvalue weighted by molar-refractivity contribution is 5.80. The number of para-hydroxylation sites is 3. The summed E-state index contributed by atoms with van der Waals surface area (Å²) in [5.74, 6) is 1.54. The number of methoxy groups -OCH3 is 2. The summed E-state index contributed by atoms with van der Waals surface area (Å²) < 4.78 is 27.0. The molecule has 23 heavy (non-hydrogen) atoms. The van der Waals surface area contributed by atoms with Crippen molar-refractivity contribution in [2.45, 2.75) is 6.10 Å². The molecule has 6 heteroatoms. The smallest absolute Gasteiger partial charge is 0.356 e. The maximum absolute atomic E-state index is 12.4. The molecular formula is C17H16O6. The monoisotopic (exact) mass is 316 g/mol. The molecule has 1 atom stereocenters. The quantitative estimate of drug-likeness (QED) is 0.638. The second kappa shape index (κ2) is 6.48. The zero-order valence-corrected chi connectivity index (χ0v) is 12.8. The van der Waals surface area contributed by atoms with Gasteiger partial charge in [-0.15, -0.1) is 0 Å². The molecule has 2 aromatic carbocycles. The molecule has 1 aliphatic heterocycles. The summed E-state index contributed by atoms with van der Waals surface area (Å²) in [4.78, 5) is 12.4. The van der Waals surface area contributed by atoms with Crippen molar-refractivity contribution in [2.24, 2.45) is 0 Å². The number of hydrogen-bond donors (Lipinski definition) is 0. The molecule has 120 valence electrons. The van der Waals surface area contributed by atoms with E-state index in [0.717, 1.165) is 0 Å². The molecule has 0 bridgehead atoms. The summed E-state index contributed by atoms with van der Waals surface area (Å²) in [6, 6.07) is 12.3. The van der Waals surface area contributed by atoms with Gasteiger partial charge in [-0.2, -0.15) is 0 Å². The molecule has 0 amide bonds. The molecule has 3 rings (SSSR count). The zero-order valence-electron chi connectivity index (χ0n) is 12.8. The third-order valence-corrected chi connectivity index (χ3v) is 3.36. The van der Waals surface area contributed by atoms with Crippen molar-refractivity contribution in [1.82, 2.24) is 0 Å². The number of hydrogen-bond acceptors (Lipinski definition) is 6. The predicted molar refractivity (Wildman–Crippen MR) is 81.5 cm³/mol. The Bertz CT molecular complexity index is 690. The highest BCUT2D eigenvalue weighted by Crippen LogP contribution is 2.37. The first-order valence-electron chi connectivity index (χ1n) is 7.04. The fraction of sp³-hybridized carbons (Fsp3) is 0.235. The Morgan fingerprint density at radius 2 is 1.65 bits per heavy atom.